The van der Waals surface area contributed by atoms with E-state index >= 15 is 0 Å². The van der Waals surface area contributed by atoms with Crippen molar-refractivity contribution in [3.63, 3.8) is 0 Å². The van der Waals surface area contributed by atoms with E-state index in [0.717, 1.165) is 161 Å². The number of rotatable bonds is 9. The summed E-state index contributed by atoms with van der Waals surface area (Å²) in [7, 11) is 0. The molecule has 0 radical (unpaired) electrons. The number of furan rings is 4. The van der Waals surface area contributed by atoms with Gasteiger partial charge in [0.1, 0.15) is 44.7 Å². The van der Waals surface area contributed by atoms with E-state index < -0.39 is 0 Å². The zero-order valence-electron chi connectivity index (χ0n) is 49.9. The summed E-state index contributed by atoms with van der Waals surface area (Å²) in [5.41, 5.74) is 21.9. The van der Waals surface area contributed by atoms with Crippen molar-refractivity contribution < 1.29 is 17.7 Å². The SMILES string of the molecule is Clc1ccc(I)cc1.Clc1ccc(N(c2ccc(-c3cccc4c3oc3ccccc34)cc2)c2ccc(-c3cccc4c3oc3ccccc34)cc2)cc1.c1ccc2c(c1)oc1c(-c3ccc(Cc4ccc(-c5cccc6c5oc5ccccc56)cc4)cc3)cccc12. The molecule has 0 bridgehead atoms. The van der Waals surface area contributed by atoms with E-state index in [1.807, 2.05) is 84.9 Å². The Labute approximate surface area is 560 Å². The minimum atomic E-state index is 0.701. The molecule has 0 spiro atoms. The van der Waals surface area contributed by atoms with Gasteiger partial charge in [-0.2, -0.15) is 0 Å². The minimum Gasteiger partial charge on any atom is -0.455 e. The molecule has 4 heterocycles. The van der Waals surface area contributed by atoms with Crippen LogP contribution in [0.1, 0.15) is 11.1 Å². The van der Waals surface area contributed by atoms with E-state index in [1.54, 1.807) is 0 Å². The normalized spacial score (nSPS) is 11.4. The number of hydrogen-bond donors (Lipinski definition) is 0. The lowest BCUT2D eigenvalue weighted by molar-refractivity contribution is 0.669. The summed E-state index contributed by atoms with van der Waals surface area (Å²) in [6, 6.07) is 109. The predicted molar refractivity (Wildman–Crippen MR) is 397 cm³/mol. The van der Waals surface area contributed by atoms with Crippen LogP contribution in [-0.4, -0.2) is 0 Å². The Morgan fingerprint density at radius 3 is 0.785 bits per heavy atom. The largest absolute Gasteiger partial charge is 0.455 e. The molecule has 0 N–H and O–H groups in total. The molecule has 0 aliphatic carbocycles. The third-order valence-electron chi connectivity index (χ3n) is 17.3. The maximum absolute atomic E-state index is 6.33. The molecule has 0 unspecified atom stereocenters. The summed E-state index contributed by atoms with van der Waals surface area (Å²) in [4.78, 5) is 2.24. The van der Waals surface area contributed by atoms with E-state index in [9.17, 15) is 0 Å². The lowest BCUT2D eigenvalue weighted by Crippen LogP contribution is -2.09. The van der Waals surface area contributed by atoms with Crippen molar-refractivity contribution in [2.45, 2.75) is 6.42 Å². The highest BCUT2D eigenvalue weighted by Gasteiger charge is 2.19. The number of nitrogens with zero attached hydrogens (tertiary/aromatic N) is 1. The highest BCUT2D eigenvalue weighted by atomic mass is 127. The van der Waals surface area contributed by atoms with Crippen LogP contribution in [0.15, 0.2) is 333 Å². The molecule has 444 valence electrons. The molecular weight excluding hydrogens is 1300 g/mol. The molecule has 18 rings (SSSR count). The lowest BCUT2D eigenvalue weighted by Gasteiger charge is -2.26. The molecule has 0 aliphatic rings. The Morgan fingerprint density at radius 2 is 0.495 bits per heavy atom. The van der Waals surface area contributed by atoms with E-state index in [4.69, 9.17) is 40.9 Å². The fourth-order valence-electron chi connectivity index (χ4n) is 12.8. The van der Waals surface area contributed by atoms with Gasteiger partial charge < -0.3 is 22.6 Å². The van der Waals surface area contributed by atoms with Crippen LogP contribution < -0.4 is 4.90 Å². The van der Waals surface area contributed by atoms with Gasteiger partial charge in [-0.05, 0) is 159 Å². The van der Waals surface area contributed by atoms with E-state index in [-0.39, 0.29) is 0 Å². The van der Waals surface area contributed by atoms with Crippen LogP contribution in [0.25, 0.3) is 132 Å². The van der Waals surface area contributed by atoms with Gasteiger partial charge in [-0.3, -0.25) is 0 Å². The van der Waals surface area contributed by atoms with Crippen molar-refractivity contribution in [2.75, 3.05) is 4.90 Å². The second kappa shape index (κ2) is 24.9. The predicted octanol–water partition coefficient (Wildman–Crippen LogP) is 26.3. The van der Waals surface area contributed by atoms with Crippen molar-refractivity contribution in [1.82, 2.24) is 0 Å². The summed E-state index contributed by atoms with van der Waals surface area (Å²) in [5, 5.41) is 10.6. The average molecular weight is 1350 g/mol. The first-order valence-electron chi connectivity index (χ1n) is 30.8. The average Bonchev–Trinajstić information content (AvgIpc) is 1.70. The van der Waals surface area contributed by atoms with Crippen molar-refractivity contribution in [3.05, 3.63) is 340 Å². The van der Waals surface area contributed by atoms with Crippen LogP contribution in [-0.2, 0) is 6.42 Å². The molecule has 8 heteroatoms. The first kappa shape index (κ1) is 57.5. The van der Waals surface area contributed by atoms with Crippen LogP contribution in [0.3, 0.4) is 0 Å². The van der Waals surface area contributed by atoms with Gasteiger partial charge in [-0.25, -0.2) is 0 Å². The van der Waals surface area contributed by atoms with Crippen LogP contribution in [0, 0.1) is 3.57 Å². The van der Waals surface area contributed by atoms with Crippen molar-refractivity contribution in [2.24, 2.45) is 0 Å². The lowest BCUT2D eigenvalue weighted by atomic mass is 9.97. The fraction of sp³-hybridized carbons (Fsp3) is 0.0118. The molecule has 93 heavy (non-hydrogen) atoms. The molecule has 5 nitrogen and oxygen atoms in total. The van der Waals surface area contributed by atoms with Gasteiger partial charge >= 0.3 is 0 Å². The highest BCUT2D eigenvalue weighted by Crippen LogP contribution is 2.43. The quantitative estimate of drug-likeness (QED) is 0.135. The number of anilines is 3. The smallest absolute Gasteiger partial charge is 0.143 e. The summed E-state index contributed by atoms with van der Waals surface area (Å²) in [6.07, 6.45) is 0.879. The minimum absolute atomic E-state index is 0.701. The fourth-order valence-corrected chi connectivity index (χ4v) is 13.4. The van der Waals surface area contributed by atoms with Gasteiger partial charge in [-0.1, -0.05) is 242 Å². The molecule has 0 atom stereocenters. The van der Waals surface area contributed by atoms with Gasteiger partial charge in [0, 0.05) is 96.0 Å². The zero-order chi connectivity index (χ0) is 62.4. The van der Waals surface area contributed by atoms with Crippen molar-refractivity contribution >= 4 is 151 Å². The first-order valence-corrected chi connectivity index (χ1v) is 32.6. The number of benzene rings is 14. The number of fused-ring (bicyclic) bond motifs is 12. The maximum Gasteiger partial charge on any atom is 0.143 e. The van der Waals surface area contributed by atoms with E-state index in [0.29, 0.717) is 5.02 Å². The summed E-state index contributed by atoms with van der Waals surface area (Å²) in [6.45, 7) is 0. The Bertz CT molecular complexity index is 5400. The van der Waals surface area contributed by atoms with Crippen molar-refractivity contribution in [3.8, 4) is 44.5 Å². The van der Waals surface area contributed by atoms with E-state index in [1.165, 1.54) is 14.7 Å². The second-order valence-electron chi connectivity index (χ2n) is 23.0. The highest BCUT2D eigenvalue weighted by molar-refractivity contribution is 14.1. The van der Waals surface area contributed by atoms with Gasteiger partial charge in [0.05, 0.1) is 0 Å². The van der Waals surface area contributed by atoms with Crippen LogP contribution in [0.4, 0.5) is 17.1 Å². The molecule has 0 saturated heterocycles. The Hall–Kier alpha value is -10.6. The number of halogens is 3. The van der Waals surface area contributed by atoms with Gasteiger partial charge in [0.2, 0.25) is 0 Å². The monoisotopic (exact) mass is 1350 g/mol. The molecular formula is C85H54Cl2INO4. The summed E-state index contributed by atoms with van der Waals surface area (Å²) >= 11 is 14.1. The van der Waals surface area contributed by atoms with E-state index in [2.05, 4.69) is 258 Å². The first-order chi connectivity index (χ1) is 45.8. The Kier molecular flexibility index (Phi) is 15.4. The third-order valence-corrected chi connectivity index (χ3v) is 18.5. The van der Waals surface area contributed by atoms with Crippen molar-refractivity contribution in [1.29, 1.82) is 0 Å². The topological polar surface area (TPSA) is 55.8 Å². The van der Waals surface area contributed by atoms with Crippen LogP contribution in [0.2, 0.25) is 10.0 Å². The third kappa shape index (κ3) is 11.3. The Balaban J connectivity index is 0.000000133. The zero-order valence-corrected chi connectivity index (χ0v) is 53.6. The maximum atomic E-state index is 6.33. The molecule has 18 aromatic rings. The van der Waals surface area contributed by atoms with Gasteiger partial charge in [-0.15, -0.1) is 0 Å². The summed E-state index contributed by atoms with van der Waals surface area (Å²) in [5.74, 6) is 0. The summed E-state index contributed by atoms with van der Waals surface area (Å²) < 4.78 is 26.4. The molecule has 0 amide bonds. The van der Waals surface area contributed by atoms with Crippen LogP contribution in [0.5, 0.6) is 0 Å². The number of hydrogen-bond acceptors (Lipinski definition) is 5. The molecule has 0 saturated carbocycles. The molecule has 14 aromatic carbocycles. The second-order valence-corrected chi connectivity index (χ2v) is 25.2. The van der Waals surface area contributed by atoms with Gasteiger partial charge in [0.25, 0.3) is 0 Å². The number of para-hydroxylation sites is 8. The molecule has 4 aromatic heterocycles. The molecule has 0 aliphatic heterocycles. The van der Waals surface area contributed by atoms with Crippen LogP contribution >= 0.6 is 45.8 Å². The Morgan fingerprint density at radius 1 is 0.247 bits per heavy atom. The van der Waals surface area contributed by atoms with Gasteiger partial charge in [0.15, 0.2) is 0 Å². The molecule has 0 fully saturated rings. The standard InChI is InChI=1S/C42H26ClNO2.C37H24O2.C6H4ClI/c43-29-19-25-32(26-20-29)44(30-21-15-27(16-22-30)33-9-5-11-37-35-7-1-3-13-39(35)45-41(33)37)31-23-17-28(18-24-31)34-10-6-12-38-36-8-2-4-14-40(36)46-42(34)38;1-3-13-34-30(7-1)32-11-5-9-28(36(32)38-34)26-19-15-24(16-20-26)23-25-17-21-27(22-18-25)29-10-6-12-33-31-8-2-4-14-35(31)39-37(29)33;7-5-1-3-6(8)4-2-5/h1-26H;1-22H,23H2;1-4H.